The molecule has 7 nitrogen and oxygen atoms in total. The molecule has 0 bridgehead atoms. The third kappa shape index (κ3) is 5.44. The van der Waals surface area contributed by atoms with Crippen LogP contribution in [0.25, 0.3) is 10.9 Å². The number of furan rings is 1. The quantitative estimate of drug-likeness (QED) is 0.205. The van der Waals surface area contributed by atoms with Gasteiger partial charge in [0, 0.05) is 18.2 Å². The van der Waals surface area contributed by atoms with Gasteiger partial charge in [-0.25, -0.2) is 9.78 Å². The minimum Gasteiger partial charge on any atom is -0.463 e. The van der Waals surface area contributed by atoms with Crippen LogP contribution in [0.3, 0.4) is 0 Å². The van der Waals surface area contributed by atoms with Gasteiger partial charge in [0.15, 0.2) is 5.16 Å². The van der Waals surface area contributed by atoms with Gasteiger partial charge < -0.3 is 13.9 Å². The SMILES string of the molecule is COC(=O)c1ccc(CSc2nc3cc(Cl)ccc3c(=O)n2CCCOC(C)C)o1. The van der Waals surface area contributed by atoms with E-state index in [1.54, 1.807) is 34.9 Å². The van der Waals surface area contributed by atoms with E-state index in [2.05, 4.69) is 9.72 Å². The van der Waals surface area contributed by atoms with Crippen molar-refractivity contribution in [2.24, 2.45) is 0 Å². The lowest BCUT2D eigenvalue weighted by molar-refractivity contribution is 0.0563. The maximum Gasteiger partial charge on any atom is 0.373 e. The highest BCUT2D eigenvalue weighted by Gasteiger charge is 2.15. The number of benzene rings is 1. The molecule has 3 rings (SSSR count). The lowest BCUT2D eigenvalue weighted by Crippen LogP contribution is -2.24. The van der Waals surface area contributed by atoms with Crippen LogP contribution >= 0.6 is 23.4 Å². The Morgan fingerprint density at radius 1 is 1.30 bits per heavy atom. The minimum atomic E-state index is -0.535. The number of hydrogen-bond donors (Lipinski definition) is 0. The molecule has 1 aromatic carbocycles. The van der Waals surface area contributed by atoms with E-state index >= 15 is 0 Å². The summed E-state index contributed by atoms with van der Waals surface area (Å²) in [7, 11) is 1.30. The average molecular weight is 451 g/mol. The van der Waals surface area contributed by atoms with E-state index in [9.17, 15) is 9.59 Å². The zero-order chi connectivity index (χ0) is 21.7. The maximum absolute atomic E-state index is 13.1. The van der Waals surface area contributed by atoms with Crippen LogP contribution in [0, 0.1) is 0 Å². The molecule has 0 saturated heterocycles. The van der Waals surface area contributed by atoms with Crippen LogP contribution in [0.2, 0.25) is 5.02 Å². The highest BCUT2D eigenvalue weighted by molar-refractivity contribution is 7.98. The van der Waals surface area contributed by atoms with E-state index in [-0.39, 0.29) is 17.4 Å². The Hall–Kier alpha value is -2.29. The fourth-order valence-corrected chi connectivity index (χ4v) is 3.91. The van der Waals surface area contributed by atoms with Crippen LogP contribution in [0.5, 0.6) is 0 Å². The number of fused-ring (bicyclic) bond motifs is 1. The zero-order valence-corrected chi connectivity index (χ0v) is 18.6. The van der Waals surface area contributed by atoms with Crippen LogP contribution in [-0.4, -0.2) is 35.3 Å². The molecule has 9 heteroatoms. The molecular formula is C21H23ClN2O5S. The highest BCUT2D eigenvalue weighted by atomic mass is 35.5. The van der Waals surface area contributed by atoms with Crippen molar-refractivity contribution in [2.45, 2.75) is 43.8 Å². The zero-order valence-electron chi connectivity index (χ0n) is 17.0. The fraction of sp³-hybridized carbons (Fsp3) is 0.381. The fourth-order valence-electron chi connectivity index (χ4n) is 2.82. The Morgan fingerprint density at radius 3 is 2.83 bits per heavy atom. The van der Waals surface area contributed by atoms with Crippen LogP contribution in [0.4, 0.5) is 0 Å². The van der Waals surface area contributed by atoms with Gasteiger partial charge in [-0.1, -0.05) is 23.4 Å². The summed E-state index contributed by atoms with van der Waals surface area (Å²) in [5.74, 6) is 0.578. The van der Waals surface area contributed by atoms with Crippen molar-refractivity contribution >= 4 is 40.2 Å². The van der Waals surface area contributed by atoms with E-state index in [1.807, 2.05) is 13.8 Å². The largest absolute Gasteiger partial charge is 0.463 e. The molecule has 0 aliphatic carbocycles. The Bertz CT molecular complexity index is 1090. The number of ether oxygens (including phenoxy) is 2. The molecule has 3 aromatic rings. The number of carbonyl (C=O) groups excluding carboxylic acids is 1. The molecule has 0 fully saturated rings. The van der Waals surface area contributed by atoms with E-state index in [0.717, 1.165) is 0 Å². The van der Waals surface area contributed by atoms with Gasteiger partial charge in [-0.2, -0.15) is 0 Å². The van der Waals surface area contributed by atoms with Gasteiger partial charge >= 0.3 is 5.97 Å². The Morgan fingerprint density at radius 2 is 2.10 bits per heavy atom. The van der Waals surface area contributed by atoms with Crippen LogP contribution in [-0.2, 0) is 21.8 Å². The van der Waals surface area contributed by atoms with Gasteiger partial charge in [-0.05, 0) is 50.6 Å². The first-order chi connectivity index (χ1) is 14.4. The lowest BCUT2D eigenvalue weighted by Gasteiger charge is -2.14. The molecule has 2 heterocycles. The third-order valence-electron chi connectivity index (χ3n) is 4.25. The summed E-state index contributed by atoms with van der Waals surface area (Å²) in [6.07, 6.45) is 0.815. The molecule has 0 radical (unpaired) electrons. The molecule has 0 saturated carbocycles. The van der Waals surface area contributed by atoms with Gasteiger partial charge in [-0.3, -0.25) is 9.36 Å². The van der Waals surface area contributed by atoms with E-state index in [0.29, 0.717) is 52.2 Å². The Kier molecular flexibility index (Phi) is 7.58. The maximum atomic E-state index is 13.1. The number of esters is 1. The second-order valence-corrected chi connectivity index (χ2v) is 8.21. The summed E-state index contributed by atoms with van der Waals surface area (Å²) in [5.41, 5.74) is 0.415. The number of aromatic nitrogens is 2. The number of nitrogens with zero attached hydrogens (tertiary/aromatic N) is 2. The normalized spacial score (nSPS) is 11.4. The molecule has 0 N–H and O–H groups in total. The van der Waals surface area contributed by atoms with Crippen molar-refractivity contribution in [1.82, 2.24) is 9.55 Å². The first-order valence-electron chi connectivity index (χ1n) is 9.50. The van der Waals surface area contributed by atoms with E-state index in [1.165, 1.54) is 18.9 Å². The molecule has 0 aliphatic rings. The van der Waals surface area contributed by atoms with Gasteiger partial charge in [0.05, 0.1) is 29.9 Å². The van der Waals surface area contributed by atoms with Crippen molar-refractivity contribution in [3.05, 3.63) is 57.2 Å². The number of methoxy groups -OCH3 is 1. The second-order valence-electron chi connectivity index (χ2n) is 6.83. The standard InChI is InChI=1S/C21H23ClN2O5S/c1-13(2)28-10-4-9-24-19(25)16-7-5-14(22)11-17(16)23-21(24)30-12-15-6-8-18(29-15)20(26)27-3/h5-8,11,13H,4,9-10,12H2,1-3H3. The van der Waals surface area contributed by atoms with Crippen molar-refractivity contribution in [1.29, 1.82) is 0 Å². The minimum absolute atomic E-state index is 0.126. The molecule has 0 unspecified atom stereocenters. The van der Waals surface area contributed by atoms with Crippen LogP contribution < -0.4 is 5.56 Å². The Labute approximate surface area is 183 Å². The summed E-state index contributed by atoms with van der Waals surface area (Å²) in [6, 6.07) is 8.32. The second kappa shape index (κ2) is 10.1. The molecule has 30 heavy (non-hydrogen) atoms. The summed E-state index contributed by atoms with van der Waals surface area (Å²) in [4.78, 5) is 29.3. The molecular weight excluding hydrogens is 428 g/mol. The predicted molar refractivity (Wildman–Crippen MR) is 116 cm³/mol. The molecule has 0 aliphatic heterocycles. The first-order valence-corrected chi connectivity index (χ1v) is 10.9. The summed E-state index contributed by atoms with van der Waals surface area (Å²) in [5, 5.41) is 1.58. The number of rotatable bonds is 9. The van der Waals surface area contributed by atoms with Gasteiger partial charge in [0.2, 0.25) is 5.76 Å². The molecule has 0 atom stereocenters. The molecule has 2 aromatic heterocycles. The van der Waals surface area contributed by atoms with Gasteiger partial charge in [0.1, 0.15) is 5.76 Å². The summed E-state index contributed by atoms with van der Waals surface area (Å²) >= 11 is 7.44. The van der Waals surface area contributed by atoms with E-state index in [4.69, 9.17) is 20.8 Å². The first kappa shape index (κ1) is 22.4. The number of hydrogen-bond acceptors (Lipinski definition) is 7. The van der Waals surface area contributed by atoms with E-state index < -0.39 is 5.97 Å². The third-order valence-corrected chi connectivity index (χ3v) is 5.49. The average Bonchev–Trinajstić information content (AvgIpc) is 3.19. The molecule has 0 amide bonds. The predicted octanol–water partition coefficient (Wildman–Crippen LogP) is 4.54. The van der Waals surface area contributed by atoms with Gasteiger partial charge in [-0.15, -0.1) is 0 Å². The van der Waals surface area contributed by atoms with Crippen LogP contribution in [0.15, 0.2) is 44.7 Å². The molecule has 160 valence electrons. The smallest absolute Gasteiger partial charge is 0.373 e. The number of carbonyl (C=O) groups is 1. The Balaban J connectivity index is 1.86. The lowest BCUT2D eigenvalue weighted by atomic mass is 10.2. The summed E-state index contributed by atoms with van der Waals surface area (Å²) in [6.45, 7) is 4.97. The summed E-state index contributed by atoms with van der Waals surface area (Å²) < 4.78 is 17.4. The topological polar surface area (TPSA) is 83.6 Å². The van der Waals surface area contributed by atoms with Crippen molar-refractivity contribution in [3.63, 3.8) is 0 Å². The molecule has 0 spiro atoms. The number of halogens is 1. The number of thioether (sulfide) groups is 1. The van der Waals surface area contributed by atoms with Crippen molar-refractivity contribution in [2.75, 3.05) is 13.7 Å². The van der Waals surface area contributed by atoms with Crippen molar-refractivity contribution in [3.8, 4) is 0 Å². The highest BCUT2D eigenvalue weighted by Crippen LogP contribution is 2.25. The van der Waals surface area contributed by atoms with Crippen molar-refractivity contribution < 1.29 is 18.7 Å². The van der Waals surface area contributed by atoms with Gasteiger partial charge in [0.25, 0.3) is 5.56 Å². The monoisotopic (exact) mass is 450 g/mol. The van der Waals surface area contributed by atoms with Crippen LogP contribution in [0.1, 0.15) is 36.6 Å².